The molecule has 1 N–H and O–H groups in total. The Bertz CT molecular complexity index is 577. The number of benzene rings is 1. The smallest absolute Gasteiger partial charge is 0.228 e. The van der Waals surface area contributed by atoms with Crippen molar-refractivity contribution in [3.63, 3.8) is 0 Å². The summed E-state index contributed by atoms with van der Waals surface area (Å²) in [5, 5.41) is 9.44. The van der Waals surface area contributed by atoms with Gasteiger partial charge in [-0.3, -0.25) is 4.79 Å². The number of nitrogens with zero attached hydrogens (tertiary/aromatic N) is 1. The predicted molar refractivity (Wildman–Crippen MR) is 96.7 cm³/mol. The summed E-state index contributed by atoms with van der Waals surface area (Å²) < 4.78 is 0. The van der Waals surface area contributed by atoms with E-state index in [4.69, 9.17) is 0 Å². The van der Waals surface area contributed by atoms with Gasteiger partial charge in [0.05, 0.1) is 12.5 Å². The molecule has 1 amide bonds. The molecule has 1 saturated carbocycles. The van der Waals surface area contributed by atoms with E-state index in [1.54, 1.807) is 0 Å². The summed E-state index contributed by atoms with van der Waals surface area (Å²) in [6.07, 6.45) is 6.73. The normalized spacial score (nSPS) is 23.3. The van der Waals surface area contributed by atoms with Crippen LogP contribution in [0.3, 0.4) is 0 Å². The van der Waals surface area contributed by atoms with Crippen LogP contribution in [0.1, 0.15) is 50.2 Å². The second-order valence-corrected chi connectivity index (χ2v) is 8.10. The van der Waals surface area contributed by atoms with Gasteiger partial charge in [-0.05, 0) is 56.1 Å². The second kappa shape index (κ2) is 7.26. The lowest BCUT2D eigenvalue weighted by molar-refractivity contribution is -0.149. The predicted octanol–water partition coefficient (Wildman–Crippen LogP) is 3.57. The van der Waals surface area contributed by atoms with Gasteiger partial charge in [0.1, 0.15) is 0 Å². The van der Waals surface area contributed by atoms with Crippen molar-refractivity contribution in [3.05, 3.63) is 35.4 Å². The number of amides is 1. The Labute approximate surface area is 146 Å². The third-order valence-electron chi connectivity index (χ3n) is 6.15. The Kier molecular flexibility index (Phi) is 5.29. The molecule has 2 aliphatic rings. The van der Waals surface area contributed by atoms with Crippen molar-refractivity contribution in [3.8, 4) is 0 Å². The molecular weight excluding hydrogens is 298 g/mol. The quantitative estimate of drug-likeness (QED) is 0.867. The minimum atomic E-state index is -0.184. The van der Waals surface area contributed by atoms with Crippen LogP contribution >= 0.6 is 0 Å². The Hall–Kier alpha value is -1.35. The molecule has 1 aromatic rings. The van der Waals surface area contributed by atoms with Crippen LogP contribution in [0, 0.1) is 24.2 Å². The Morgan fingerprint density at radius 2 is 2.12 bits per heavy atom. The van der Waals surface area contributed by atoms with Crippen molar-refractivity contribution in [2.45, 2.75) is 52.4 Å². The molecule has 0 aromatic heterocycles. The molecule has 24 heavy (non-hydrogen) atoms. The lowest BCUT2D eigenvalue weighted by Crippen LogP contribution is -2.59. The zero-order valence-electron chi connectivity index (χ0n) is 15.1. The SMILES string of the molecule is CCC[C@H](CO)C(=O)N1CC2(CCC(Cc3ccccc3C)C2)C1. The third-order valence-corrected chi connectivity index (χ3v) is 6.15. The summed E-state index contributed by atoms with van der Waals surface area (Å²) in [6.45, 7) is 6.09. The highest BCUT2D eigenvalue weighted by molar-refractivity contribution is 5.80. The Morgan fingerprint density at radius 1 is 1.38 bits per heavy atom. The molecule has 3 heteroatoms. The number of aryl methyl sites for hydroxylation is 1. The van der Waals surface area contributed by atoms with Crippen molar-refractivity contribution >= 4 is 5.91 Å². The third kappa shape index (κ3) is 3.51. The molecule has 1 spiro atoms. The maximum atomic E-state index is 12.5. The number of carbonyl (C=O) groups is 1. The van der Waals surface area contributed by atoms with Gasteiger partial charge in [0.2, 0.25) is 5.91 Å². The summed E-state index contributed by atoms with van der Waals surface area (Å²) >= 11 is 0. The first-order valence-electron chi connectivity index (χ1n) is 9.51. The molecule has 0 radical (unpaired) electrons. The van der Waals surface area contributed by atoms with Gasteiger partial charge in [-0.1, -0.05) is 37.6 Å². The maximum Gasteiger partial charge on any atom is 0.228 e. The minimum absolute atomic E-state index is 0.00785. The number of rotatable bonds is 6. The van der Waals surface area contributed by atoms with Crippen LogP contribution in [-0.2, 0) is 11.2 Å². The van der Waals surface area contributed by atoms with Crippen molar-refractivity contribution < 1.29 is 9.90 Å². The average Bonchev–Trinajstić information content (AvgIpc) is 2.97. The van der Waals surface area contributed by atoms with Gasteiger partial charge in [0.15, 0.2) is 0 Å². The summed E-state index contributed by atoms with van der Waals surface area (Å²) in [5.41, 5.74) is 3.25. The van der Waals surface area contributed by atoms with Gasteiger partial charge < -0.3 is 10.0 Å². The van der Waals surface area contributed by atoms with Crippen molar-refractivity contribution in [2.24, 2.45) is 17.3 Å². The molecule has 1 aliphatic carbocycles. The number of aliphatic hydroxyl groups excluding tert-OH is 1. The van der Waals surface area contributed by atoms with E-state index in [0.717, 1.165) is 31.8 Å². The average molecular weight is 329 g/mol. The largest absolute Gasteiger partial charge is 0.396 e. The topological polar surface area (TPSA) is 40.5 Å². The zero-order chi connectivity index (χ0) is 17.2. The molecule has 1 unspecified atom stereocenters. The fourth-order valence-electron chi connectivity index (χ4n) is 4.76. The molecule has 2 atom stereocenters. The van der Waals surface area contributed by atoms with Gasteiger partial charge in [-0.15, -0.1) is 0 Å². The van der Waals surface area contributed by atoms with Gasteiger partial charge >= 0.3 is 0 Å². The summed E-state index contributed by atoms with van der Waals surface area (Å²) in [6, 6.07) is 8.71. The van der Waals surface area contributed by atoms with E-state index in [1.807, 2.05) is 4.90 Å². The van der Waals surface area contributed by atoms with Crippen molar-refractivity contribution in [1.82, 2.24) is 4.90 Å². The fraction of sp³-hybridized carbons (Fsp3) is 0.667. The van der Waals surface area contributed by atoms with E-state index in [9.17, 15) is 9.90 Å². The number of carbonyl (C=O) groups excluding carboxylic acids is 1. The summed E-state index contributed by atoms with van der Waals surface area (Å²) in [7, 11) is 0. The molecular formula is C21H31NO2. The van der Waals surface area contributed by atoms with Crippen LogP contribution in [-0.4, -0.2) is 35.6 Å². The van der Waals surface area contributed by atoms with E-state index in [2.05, 4.69) is 38.1 Å². The molecule has 1 aromatic carbocycles. The van der Waals surface area contributed by atoms with Crippen LogP contribution in [0.5, 0.6) is 0 Å². The van der Waals surface area contributed by atoms with Gasteiger partial charge in [-0.2, -0.15) is 0 Å². The van der Waals surface area contributed by atoms with Gasteiger partial charge in [-0.25, -0.2) is 0 Å². The van der Waals surface area contributed by atoms with Crippen LogP contribution in [0.2, 0.25) is 0 Å². The lowest BCUT2D eigenvalue weighted by Gasteiger charge is -2.49. The molecule has 0 bridgehead atoms. The molecule has 2 fully saturated rings. The fourth-order valence-corrected chi connectivity index (χ4v) is 4.76. The molecule has 3 nitrogen and oxygen atoms in total. The van der Waals surface area contributed by atoms with Gasteiger partial charge in [0, 0.05) is 18.5 Å². The minimum Gasteiger partial charge on any atom is -0.396 e. The number of likely N-dealkylation sites (tertiary alicyclic amines) is 1. The number of hydrogen-bond acceptors (Lipinski definition) is 2. The highest BCUT2D eigenvalue weighted by Crippen LogP contribution is 2.49. The van der Waals surface area contributed by atoms with Crippen molar-refractivity contribution in [2.75, 3.05) is 19.7 Å². The Morgan fingerprint density at radius 3 is 2.79 bits per heavy atom. The molecule has 1 aliphatic heterocycles. The number of hydrogen-bond donors (Lipinski definition) is 1. The monoisotopic (exact) mass is 329 g/mol. The highest BCUT2D eigenvalue weighted by Gasteiger charge is 2.50. The van der Waals surface area contributed by atoms with E-state index in [0.29, 0.717) is 5.41 Å². The zero-order valence-corrected chi connectivity index (χ0v) is 15.1. The van der Waals surface area contributed by atoms with E-state index in [1.165, 1.54) is 36.8 Å². The van der Waals surface area contributed by atoms with Crippen molar-refractivity contribution in [1.29, 1.82) is 0 Å². The summed E-state index contributed by atoms with van der Waals surface area (Å²) in [4.78, 5) is 14.5. The van der Waals surface area contributed by atoms with E-state index >= 15 is 0 Å². The summed E-state index contributed by atoms with van der Waals surface area (Å²) in [5.74, 6) is 0.747. The van der Waals surface area contributed by atoms with Crippen LogP contribution in [0.4, 0.5) is 0 Å². The highest BCUT2D eigenvalue weighted by atomic mass is 16.3. The van der Waals surface area contributed by atoms with Crippen LogP contribution < -0.4 is 0 Å². The van der Waals surface area contributed by atoms with Crippen LogP contribution in [0.15, 0.2) is 24.3 Å². The lowest BCUT2D eigenvalue weighted by atomic mass is 9.76. The molecule has 132 valence electrons. The standard InChI is InChI=1S/C21H31NO2/c1-3-6-19(13-23)20(24)22-14-21(15-22)10-9-17(12-21)11-18-8-5-4-7-16(18)2/h4-5,7-8,17,19,23H,3,6,9-15H2,1-2H3/t17?,19-/m1/s1. The second-order valence-electron chi connectivity index (χ2n) is 8.10. The van der Waals surface area contributed by atoms with Gasteiger partial charge in [0.25, 0.3) is 0 Å². The molecule has 1 heterocycles. The maximum absolute atomic E-state index is 12.5. The Balaban J connectivity index is 1.52. The first-order valence-corrected chi connectivity index (χ1v) is 9.51. The number of aliphatic hydroxyl groups is 1. The first kappa shape index (κ1) is 17.5. The first-order chi connectivity index (χ1) is 11.6. The molecule has 1 saturated heterocycles. The van der Waals surface area contributed by atoms with E-state index in [-0.39, 0.29) is 18.4 Å². The molecule has 3 rings (SSSR count). The van der Waals surface area contributed by atoms with E-state index < -0.39 is 0 Å². The van der Waals surface area contributed by atoms with Crippen LogP contribution in [0.25, 0.3) is 0 Å².